The molecule has 0 aliphatic carbocycles. The first-order valence-electron chi connectivity index (χ1n) is 6.96. The average Bonchev–Trinajstić information content (AvgIpc) is 2.84. The molecule has 1 amide bonds. The van der Waals surface area contributed by atoms with Crippen molar-refractivity contribution >= 4 is 50.9 Å². The summed E-state index contributed by atoms with van der Waals surface area (Å²) in [5, 5.41) is 3.04. The monoisotopic (exact) mass is 406 g/mol. The number of nitrogens with zero attached hydrogens (tertiary/aromatic N) is 1. The number of amides is 1. The Labute approximate surface area is 152 Å². The summed E-state index contributed by atoms with van der Waals surface area (Å²) in [6.07, 6.45) is 1.43. The lowest BCUT2D eigenvalue weighted by molar-refractivity contribution is -0.113. The van der Waals surface area contributed by atoms with Crippen LogP contribution in [-0.4, -0.2) is 18.1 Å². The summed E-state index contributed by atoms with van der Waals surface area (Å²) in [5.74, 6) is -0.282. The molecule has 0 radical (unpaired) electrons. The van der Waals surface area contributed by atoms with Crippen molar-refractivity contribution in [1.29, 1.82) is 0 Å². The maximum atomic E-state index is 13.9. The van der Waals surface area contributed by atoms with E-state index >= 15 is 0 Å². The second-order valence-electron chi connectivity index (χ2n) is 4.97. The zero-order chi connectivity index (χ0) is 17.3. The van der Waals surface area contributed by atoms with E-state index in [1.54, 1.807) is 36.4 Å². The molecule has 1 heterocycles. The number of carbonyl (C=O) groups is 1. The van der Waals surface area contributed by atoms with Crippen molar-refractivity contribution in [3.63, 3.8) is 0 Å². The highest BCUT2D eigenvalue weighted by Gasteiger charge is 2.33. The second-order valence-corrected chi connectivity index (χ2v) is 6.27. The van der Waals surface area contributed by atoms with Gasteiger partial charge in [-0.1, -0.05) is 28.1 Å². The van der Waals surface area contributed by atoms with E-state index in [-0.39, 0.29) is 22.3 Å². The van der Waals surface area contributed by atoms with Gasteiger partial charge in [0.25, 0.3) is 5.91 Å². The Morgan fingerprint density at radius 3 is 2.79 bits per heavy atom. The van der Waals surface area contributed by atoms with Crippen LogP contribution in [0.2, 0.25) is 0 Å². The predicted octanol–water partition coefficient (Wildman–Crippen LogP) is 3.86. The van der Waals surface area contributed by atoms with Crippen LogP contribution >= 0.6 is 28.1 Å². The van der Waals surface area contributed by atoms with Gasteiger partial charge in [0.05, 0.1) is 12.8 Å². The third-order valence-corrected chi connectivity index (χ3v) is 4.24. The van der Waals surface area contributed by atoms with Crippen molar-refractivity contribution < 1.29 is 13.9 Å². The van der Waals surface area contributed by atoms with Crippen molar-refractivity contribution in [2.45, 2.75) is 0 Å². The number of nitrogens with one attached hydrogen (secondary N) is 1. The Bertz CT molecular complexity index is 869. The number of hydrogen-bond acceptors (Lipinski definition) is 3. The number of thiocarbonyl (C=S) groups is 1. The lowest BCUT2D eigenvalue weighted by atomic mass is 10.1. The Morgan fingerprint density at radius 1 is 1.29 bits per heavy atom. The van der Waals surface area contributed by atoms with Gasteiger partial charge in [-0.15, -0.1) is 0 Å². The number of halogens is 2. The lowest BCUT2D eigenvalue weighted by Crippen LogP contribution is -2.30. The normalized spacial score (nSPS) is 15.8. The Hall–Kier alpha value is -2.25. The molecule has 2 aromatic rings. The highest BCUT2D eigenvalue weighted by atomic mass is 79.9. The Balaban J connectivity index is 2.00. The molecule has 4 nitrogen and oxygen atoms in total. The number of methoxy groups -OCH3 is 1. The van der Waals surface area contributed by atoms with Gasteiger partial charge in [-0.2, -0.15) is 0 Å². The van der Waals surface area contributed by atoms with E-state index < -0.39 is 5.82 Å². The molecular weight excluding hydrogens is 395 g/mol. The van der Waals surface area contributed by atoms with Crippen LogP contribution in [0.15, 0.2) is 52.6 Å². The highest BCUT2D eigenvalue weighted by molar-refractivity contribution is 9.10. The average molecular weight is 407 g/mol. The van der Waals surface area contributed by atoms with E-state index in [0.717, 1.165) is 0 Å². The van der Waals surface area contributed by atoms with Gasteiger partial charge in [-0.3, -0.25) is 4.79 Å². The molecule has 1 N–H and O–H groups in total. The van der Waals surface area contributed by atoms with E-state index in [1.807, 2.05) is 0 Å². The summed E-state index contributed by atoms with van der Waals surface area (Å²) in [7, 11) is 1.52. The minimum Gasteiger partial charge on any atom is -0.495 e. The molecule has 0 atom stereocenters. The molecule has 0 spiro atoms. The molecule has 0 unspecified atom stereocenters. The summed E-state index contributed by atoms with van der Waals surface area (Å²) < 4.78 is 19.9. The molecule has 122 valence electrons. The fraction of sp³-hybridized carbons (Fsp3) is 0.0588. The Morgan fingerprint density at radius 2 is 2.04 bits per heavy atom. The van der Waals surface area contributed by atoms with Gasteiger partial charge >= 0.3 is 0 Å². The summed E-state index contributed by atoms with van der Waals surface area (Å²) >= 11 is 8.54. The van der Waals surface area contributed by atoms with Crippen molar-refractivity contribution in [3.8, 4) is 5.75 Å². The number of carbonyl (C=O) groups excluding carboxylic acids is 1. The van der Waals surface area contributed by atoms with Crippen LogP contribution < -0.4 is 15.0 Å². The molecule has 1 aliphatic rings. The molecule has 0 aromatic heterocycles. The van der Waals surface area contributed by atoms with Gasteiger partial charge in [0, 0.05) is 10.0 Å². The molecule has 7 heteroatoms. The van der Waals surface area contributed by atoms with Gasteiger partial charge < -0.3 is 10.1 Å². The van der Waals surface area contributed by atoms with Crippen LogP contribution in [0.3, 0.4) is 0 Å². The van der Waals surface area contributed by atoms with E-state index in [9.17, 15) is 9.18 Å². The minimum absolute atomic E-state index is 0.197. The molecular formula is C17H12BrFN2O2S. The zero-order valence-corrected chi connectivity index (χ0v) is 14.9. The molecule has 1 saturated heterocycles. The lowest BCUT2D eigenvalue weighted by Gasteiger charge is -2.17. The largest absolute Gasteiger partial charge is 0.495 e. The van der Waals surface area contributed by atoms with Gasteiger partial charge in [-0.05, 0) is 48.6 Å². The Kier molecular flexibility index (Phi) is 4.64. The highest BCUT2D eigenvalue weighted by Crippen LogP contribution is 2.31. The zero-order valence-electron chi connectivity index (χ0n) is 12.5. The number of ether oxygens (including phenoxy) is 1. The summed E-state index contributed by atoms with van der Waals surface area (Å²) in [6, 6.07) is 11.6. The van der Waals surface area contributed by atoms with Crippen molar-refractivity contribution in [1.82, 2.24) is 5.32 Å². The smallest absolute Gasteiger partial charge is 0.281 e. The SMILES string of the molecule is COc1ccccc1N1C(=O)/C(=C\c2cc(Br)ccc2F)NC1=S. The maximum Gasteiger partial charge on any atom is 0.281 e. The van der Waals surface area contributed by atoms with E-state index in [0.29, 0.717) is 15.9 Å². The first kappa shape index (κ1) is 16.6. The quantitative estimate of drug-likeness (QED) is 0.620. The maximum absolute atomic E-state index is 13.9. The summed E-state index contributed by atoms with van der Waals surface area (Å²) in [5.41, 5.74) is 1.01. The molecule has 0 saturated carbocycles. The molecule has 3 rings (SSSR count). The predicted molar refractivity (Wildman–Crippen MR) is 98.3 cm³/mol. The fourth-order valence-corrected chi connectivity index (χ4v) is 3.02. The van der Waals surface area contributed by atoms with Crippen LogP contribution in [0.4, 0.5) is 10.1 Å². The van der Waals surface area contributed by atoms with Crippen LogP contribution in [0.5, 0.6) is 5.75 Å². The fourth-order valence-electron chi connectivity index (χ4n) is 2.35. The molecule has 1 fully saturated rings. The van der Waals surface area contributed by atoms with E-state index in [2.05, 4.69) is 21.2 Å². The van der Waals surface area contributed by atoms with Crippen LogP contribution in [0, 0.1) is 5.82 Å². The number of hydrogen-bond donors (Lipinski definition) is 1. The molecule has 1 aliphatic heterocycles. The molecule has 0 bridgehead atoms. The van der Waals surface area contributed by atoms with E-state index in [1.165, 1.54) is 24.2 Å². The number of para-hydroxylation sites is 2. The third-order valence-electron chi connectivity index (χ3n) is 3.46. The third kappa shape index (κ3) is 3.05. The molecule has 2 aromatic carbocycles. The van der Waals surface area contributed by atoms with Gasteiger partial charge in [0.15, 0.2) is 5.11 Å². The van der Waals surface area contributed by atoms with Crippen molar-refractivity contribution in [2.24, 2.45) is 0 Å². The molecule has 24 heavy (non-hydrogen) atoms. The minimum atomic E-state index is -0.429. The first-order chi connectivity index (χ1) is 11.5. The number of anilines is 1. The van der Waals surface area contributed by atoms with Gasteiger partial charge in [-0.25, -0.2) is 9.29 Å². The van der Waals surface area contributed by atoms with Crippen LogP contribution in [0.25, 0.3) is 6.08 Å². The van der Waals surface area contributed by atoms with Crippen LogP contribution in [0.1, 0.15) is 5.56 Å². The standard InChI is InChI=1S/C17H12BrFN2O2S/c1-23-15-5-3-2-4-14(15)21-16(22)13(20-17(21)24)9-10-8-11(18)6-7-12(10)19/h2-9H,1H3,(H,20,24)/b13-9+. The van der Waals surface area contributed by atoms with Gasteiger partial charge in [0.1, 0.15) is 17.3 Å². The van der Waals surface area contributed by atoms with Crippen molar-refractivity contribution in [2.75, 3.05) is 12.0 Å². The van der Waals surface area contributed by atoms with Gasteiger partial charge in [0.2, 0.25) is 0 Å². The summed E-state index contributed by atoms with van der Waals surface area (Å²) in [4.78, 5) is 14.0. The number of benzene rings is 2. The number of rotatable bonds is 3. The topological polar surface area (TPSA) is 41.6 Å². The van der Waals surface area contributed by atoms with E-state index in [4.69, 9.17) is 17.0 Å². The summed E-state index contributed by atoms with van der Waals surface area (Å²) in [6.45, 7) is 0. The van der Waals surface area contributed by atoms with Crippen LogP contribution in [-0.2, 0) is 4.79 Å². The first-order valence-corrected chi connectivity index (χ1v) is 8.16. The second kappa shape index (κ2) is 6.70. The van der Waals surface area contributed by atoms with Crippen molar-refractivity contribution in [3.05, 3.63) is 64.0 Å².